The fourth-order valence-electron chi connectivity index (χ4n) is 2.09. The molecule has 0 aliphatic rings. The van der Waals surface area contributed by atoms with Gasteiger partial charge in [0.25, 0.3) is 16.9 Å². The number of aldehydes is 2. The molecule has 0 aromatic heterocycles. The summed E-state index contributed by atoms with van der Waals surface area (Å²) in [4.78, 5) is 64.3. The Labute approximate surface area is 158 Å². The summed E-state index contributed by atoms with van der Waals surface area (Å²) in [5.74, 6) is -0.870. The normalized spacial score (nSPS) is 10.0. The number of hydrogen-bond acceptors (Lipinski definition) is 9. The Balaban J connectivity index is 3.30. The molecule has 0 bridgehead atoms. The molecule has 0 radical (unpaired) electrons. The maximum Gasteiger partial charge on any atom is 0.296 e. The molecule has 11 nitrogen and oxygen atoms in total. The Bertz CT molecular complexity index is 756. The highest BCUT2D eigenvalue weighted by molar-refractivity contribution is 7.97. The van der Waals surface area contributed by atoms with Crippen molar-refractivity contribution in [2.45, 2.75) is 0 Å². The molecular formula is C15H18N4O7S. The Morgan fingerprint density at radius 2 is 1.67 bits per heavy atom. The van der Waals surface area contributed by atoms with Crippen LogP contribution < -0.4 is 5.14 Å². The van der Waals surface area contributed by atoms with Crippen molar-refractivity contribution < 1.29 is 29.1 Å². The summed E-state index contributed by atoms with van der Waals surface area (Å²) in [6.07, 6.45) is 0.755. The Morgan fingerprint density at radius 3 is 2.11 bits per heavy atom. The number of amides is 2. The molecule has 27 heavy (non-hydrogen) atoms. The van der Waals surface area contributed by atoms with Gasteiger partial charge in [0.1, 0.15) is 0 Å². The van der Waals surface area contributed by atoms with E-state index in [-0.39, 0.29) is 22.3 Å². The average Bonchev–Trinajstić information content (AvgIpc) is 2.67. The van der Waals surface area contributed by atoms with E-state index in [0.29, 0.717) is 24.9 Å². The highest BCUT2D eigenvalue weighted by atomic mass is 32.2. The van der Waals surface area contributed by atoms with Gasteiger partial charge < -0.3 is 9.80 Å². The molecule has 0 heterocycles. The third kappa shape index (κ3) is 5.76. The van der Waals surface area contributed by atoms with Gasteiger partial charge in [-0.1, -0.05) is 11.9 Å². The van der Waals surface area contributed by atoms with Crippen LogP contribution in [0, 0.1) is 10.1 Å². The fourth-order valence-corrected chi connectivity index (χ4v) is 2.47. The summed E-state index contributed by atoms with van der Waals surface area (Å²) in [6, 6.07) is 2.24. The second kappa shape index (κ2) is 10.2. The second-order valence-electron chi connectivity index (χ2n) is 5.34. The largest absolute Gasteiger partial charge is 0.341 e. The van der Waals surface area contributed by atoms with Crippen LogP contribution in [0.15, 0.2) is 12.1 Å². The summed E-state index contributed by atoms with van der Waals surface area (Å²) in [6.45, 7) is -0.371. The molecule has 146 valence electrons. The van der Waals surface area contributed by atoms with Crippen molar-refractivity contribution in [1.82, 2.24) is 9.80 Å². The van der Waals surface area contributed by atoms with E-state index in [9.17, 15) is 29.3 Å². The molecule has 0 atom stereocenters. The van der Waals surface area contributed by atoms with E-state index in [4.69, 9.17) is 5.14 Å². The quantitative estimate of drug-likeness (QED) is 0.192. The first-order valence-electron chi connectivity index (χ1n) is 7.45. The lowest BCUT2D eigenvalue weighted by atomic mass is 9.97. The van der Waals surface area contributed by atoms with E-state index >= 15 is 0 Å². The summed E-state index contributed by atoms with van der Waals surface area (Å²) >= 11 is 1.04. The lowest BCUT2D eigenvalue weighted by molar-refractivity contribution is -0.761. The molecule has 0 saturated carbocycles. The number of hydrogen-bond donors (Lipinski definition) is 1. The van der Waals surface area contributed by atoms with E-state index < -0.39 is 23.6 Å². The first-order valence-corrected chi connectivity index (χ1v) is 8.50. The lowest BCUT2D eigenvalue weighted by Gasteiger charge is -2.20. The Hall–Kier alpha value is -2.99. The monoisotopic (exact) mass is 398 g/mol. The van der Waals surface area contributed by atoms with Crippen molar-refractivity contribution in [3.8, 4) is 0 Å². The van der Waals surface area contributed by atoms with Crippen LogP contribution in [0.4, 0.5) is 0 Å². The van der Waals surface area contributed by atoms with Gasteiger partial charge in [0.15, 0.2) is 19.3 Å². The molecule has 0 fully saturated rings. The van der Waals surface area contributed by atoms with Crippen molar-refractivity contribution in [2.75, 3.05) is 33.1 Å². The number of carbonyl (C=O) groups excluding carboxylic acids is 4. The molecule has 0 saturated heterocycles. The molecule has 1 aromatic rings. The average molecular weight is 398 g/mol. The van der Waals surface area contributed by atoms with Crippen molar-refractivity contribution in [1.29, 1.82) is 0 Å². The zero-order valence-electron chi connectivity index (χ0n) is 14.6. The van der Waals surface area contributed by atoms with E-state index in [2.05, 4.69) is 4.84 Å². The van der Waals surface area contributed by atoms with Crippen LogP contribution in [-0.2, 0) is 4.84 Å². The minimum atomic E-state index is -1.07. The standard InChI is InChI=1S/C15H18N4O7S/c1-17(3-4-27-16)14(22)12-6-13(11(8-21)5-10(12)7-20)15(23)18(2)9-26-19(24)25/h5-8H,3-4,9,16H2,1-2H3. The zero-order chi connectivity index (χ0) is 20.6. The maximum absolute atomic E-state index is 12.6. The molecule has 2 amide bonds. The van der Waals surface area contributed by atoms with Crippen molar-refractivity contribution in [3.05, 3.63) is 44.5 Å². The maximum atomic E-state index is 12.6. The van der Waals surface area contributed by atoms with Crippen LogP contribution in [0.2, 0.25) is 0 Å². The third-order valence-corrected chi connectivity index (χ3v) is 3.95. The first kappa shape index (κ1) is 22.1. The van der Waals surface area contributed by atoms with Crippen molar-refractivity contribution >= 4 is 36.3 Å². The van der Waals surface area contributed by atoms with Crippen LogP contribution >= 0.6 is 11.9 Å². The first-order chi connectivity index (χ1) is 12.8. The number of nitrogens with two attached hydrogens (primary N) is 1. The Morgan fingerprint density at radius 1 is 1.15 bits per heavy atom. The molecule has 12 heteroatoms. The molecular weight excluding hydrogens is 380 g/mol. The predicted molar refractivity (Wildman–Crippen MR) is 95.9 cm³/mol. The van der Waals surface area contributed by atoms with E-state index in [1.807, 2.05) is 0 Å². The van der Waals surface area contributed by atoms with Gasteiger partial charge in [-0.2, -0.15) is 0 Å². The number of rotatable bonds is 10. The molecule has 0 aliphatic carbocycles. The molecule has 2 N–H and O–H groups in total. The summed E-state index contributed by atoms with van der Waals surface area (Å²) < 4.78 is 0. The predicted octanol–water partition coefficient (Wildman–Crippen LogP) is 0.228. The third-order valence-electron chi connectivity index (χ3n) is 3.53. The van der Waals surface area contributed by atoms with Gasteiger partial charge in [0, 0.05) is 37.5 Å². The molecule has 0 aliphatic heterocycles. The van der Waals surface area contributed by atoms with Gasteiger partial charge in [-0.05, 0) is 12.1 Å². The lowest BCUT2D eigenvalue weighted by Crippen LogP contribution is -2.33. The van der Waals surface area contributed by atoms with Gasteiger partial charge in [-0.3, -0.25) is 29.2 Å². The number of benzene rings is 1. The highest BCUT2D eigenvalue weighted by Gasteiger charge is 2.23. The summed E-state index contributed by atoms with van der Waals surface area (Å²) in [7, 11) is 2.72. The van der Waals surface area contributed by atoms with Crippen LogP contribution in [0.5, 0.6) is 0 Å². The fraction of sp³-hybridized carbons (Fsp3) is 0.333. The second-order valence-corrected chi connectivity index (χ2v) is 6.09. The SMILES string of the molecule is CN(CCSN)C(=O)c1cc(C(=O)N(C)CO[N+](=O)[O-])c(C=O)cc1C=O. The summed E-state index contributed by atoms with van der Waals surface area (Å²) in [5.41, 5.74) is -0.455. The highest BCUT2D eigenvalue weighted by Crippen LogP contribution is 2.18. The van der Waals surface area contributed by atoms with Gasteiger partial charge in [-0.25, -0.2) is 0 Å². The smallest absolute Gasteiger partial charge is 0.296 e. The van der Waals surface area contributed by atoms with Gasteiger partial charge in [0.05, 0.1) is 11.1 Å². The Kier molecular flexibility index (Phi) is 8.35. The molecule has 1 rings (SSSR count). The van der Waals surface area contributed by atoms with Crippen LogP contribution in [-0.4, -0.2) is 72.4 Å². The number of nitrogens with zero attached hydrogens (tertiary/aromatic N) is 3. The molecule has 0 spiro atoms. The van der Waals surface area contributed by atoms with Gasteiger partial charge in [-0.15, -0.1) is 10.1 Å². The topological polar surface area (TPSA) is 153 Å². The van der Waals surface area contributed by atoms with E-state index in [0.717, 1.165) is 29.0 Å². The van der Waals surface area contributed by atoms with Crippen molar-refractivity contribution in [2.24, 2.45) is 5.14 Å². The van der Waals surface area contributed by atoms with Gasteiger partial charge >= 0.3 is 0 Å². The van der Waals surface area contributed by atoms with E-state index in [1.54, 1.807) is 0 Å². The molecule has 0 unspecified atom stereocenters. The van der Waals surface area contributed by atoms with Crippen LogP contribution in [0.25, 0.3) is 0 Å². The number of carbonyl (C=O) groups is 4. The van der Waals surface area contributed by atoms with E-state index in [1.165, 1.54) is 19.0 Å². The zero-order valence-corrected chi connectivity index (χ0v) is 15.4. The van der Waals surface area contributed by atoms with Crippen molar-refractivity contribution in [3.63, 3.8) is 0 Å². The molecule has 1 aromatic carbocycles. The van der Waals surface area contributed by atoms with Crippen LogP contribution in [0.1, 0.15) is 41.4 Å². The van der Waals surface area contributed by atoms with Crippen LogP contribution in [0.3, 0.4) is 0 Å². The minimum absolute atomic E-state index is 0.0601. The summed E-state index contributed by atoms with van der Waals surface area (Å²) in [5, 5.41) is 14.5. The minimum Gasteiger partial charge on any atom is -0.341 e. The van der Waals surface area contributed by atoms with Gasteiger partial charge in [0.2, 0.25) is 0 Å².